The molecule has 1 N–H and O–H groups in total. The summed E-state index contributed by atoms with van der Waals surface area (Å²) in [6.07, 6.45) is 1.67. The van der Waals surface area contributed by atoms with E-state index >= 15 is 0 Å². The molecule has 2 rings (SSSR count). The van der Waals surface area contributed by atoms with Crippen molar-refractivity contribution in [1.82, 2.24) is 4.98 Å². The molecule has 0 aliphatic heterocycles. The van der Waals surface area contributed by atoms with Gasteiger partial charge in [-0.05, 0) is 37.1 Å². The fourth-order valence-corrected chi connectivity index (χ4v) is 2.03. The first-order chi connectivity index (χ1) is 8.63. The molecule has 0 unspecified atom stereocenters. The number of aromatic nitrogens is 1. The van der Waals surface area contributed by atoms with Crippen LogP contribution in [-0.2, 0) is 0 Å². The van der Waals surface area contributed by atoms with E-state index in [0.717, 1.165) is 32.7 Å². The molecule has 0 spiro atoms. The number of pyridine rings is 1. The maximum Gasteiger partial charge on any atom is 0.0815 e. The molecule has 0 radical (unpaired) electrons. The van der Waals surface area contributed by atoms with Gasteiger partial charge in [0.2, 0.25) is 0 Å². The first kappa shape index (κ1) is 13.0. The molecule has 0 amide bonds. The summed E-state index contributed by atoms with van der Waals surface area (Å²) in [5.41, 5.74) is 3.73. The first-order valence-corrected chi connectivity index (χ1v) is 6.18. The van der Waals surface area contributed by atoms with Crippen LogP contribution in [0.2, 0.25) is 5.02 Å². The summed E-state index contributed by atoms with van der Waals surface area (Å²) in [5, 5.41) is 10.5. The van der Waals surface area contributed by atoms with Gasteiger partial charge in [0, 0.05) is 16.6 Å². The fraction of sp³-hybridized carbons (Fsp3) is 0.286. The van der Waals surface area contributed by atoms with Crippen molar-refractivity contribution in [3.05, 3.63) is 40.0 Å². The van der Waals surface area contributed by atoms with Crippen molar-refractivity contribution in [2.45, 2.75) is 13.8 Å². The van der Waals surface area contributed by atoms with E-state index in [2.05, 4.69) is 9.98 Å². The Kier molecular flexibility index (Phi) is 3.94. The zero-order valence-electron chi connectivity index (χ0n) is 10.4. The van der Waals surface area contributed by atoms with Crippen molar-refractivity contribution in [3.63, 3.8) is 0 Å². The van der Waals surface area contributed by atoms with Crippen molar-refractivity contribution >= 4 is 28.7 Å². The highest BCUT2D eigenvalue weighted by Gasteiger charge is 2.07. The second kappa shape index (κ2) is 5.46. The van der Waals surface area contributed by atoms with Gasteiger partial charge in [-0.3, -0.25) is 4.99 Å². The number of aliphatic hydroxyl groups is 1. The Morgan fingerprint density at radius 2 is 2.17 bits per heavy atom. The molecular weight excluding hydrogens is 248 g/mol. The van der Waals surface area contributed by atoms with Crippen LogP contribution in [0.4, 0.5) is 0 Å². The van der Waals surface area contributed by atoms with Crippen molar-refractivity contribution in [2.24, 2.45) is 4.99 Å². The number of halogens is 1. The Hall–Kier alpha value is -1.45. The molecule has 0 bridgehead atoms. The van der Waals surface area contributed by atoms with Gasteiger partial charge in [0.1, 0.15) is 0 Å². The van der Waals surface area contributed by atoms with E-state index in [1.54, 1.807) is 6.21 Å². The highest BCUT2D eigenvalue weighted by Crippen LogP contribution is 2.27. The van der Waals surface area contributed by atoms with Crippen LogP contribution in [-0.4, -0.2) is 29.5 Å². The van der Waals surface area contributed by atoms with E-state index in [4.69, 9.17) is 16.7 Å². The largest absolute Gasteiger partial charge is 0.394 e. The average Bonchev–Trinajstić information content (AvgIpc) is 2.37. The van der Waals surface area contributed by atoms with E-state index in [-0.39, 0.29) is 6.61 Å². The van der Waals surface area contributed by atoms with Crippen molar-refractivity contribution in [3.8, 4) is 0 Å². The van der Waals surface area contributed by atoms with E-state index in [9.17, 15) is 0 Å². The first-order valence-electron chi connectivity index (χ1n) is 5.80. The highest BCUT2D eigenvalue weighted by atomic mass is 35.5. The fourth-order valence-electron chi connectivity index (χ4n) is 1.89. The molecule has 3 nitrogen and oxygen atoms in total. The standard InChI is InChI=1S/C14H15ClN2O/c1-9-7-11-3-4-12(8-16-5-6-18)17-14(11)10(2)13(9)15/h3-4,7-8,18H,5-6H2,1-2H3. The molecule has 1 aromatic heterocycles. The molecule has 0 saturated heterocycles. The summed E-state index contributed by atoms with van der Waals surface area (Å²) in [6.45, 7) is 4.41. The van der Waals surface area contributed by atoms with E-state index in [1.165, 1.54) is 0 Å². The second-order valence-electron chi connectivity index (χ2n) is 4.20. The summed E-state index contributed by atoms with van der Waals surface area (Å²) in [4.78, 5) is 8.60. The molecule has 0 aliphatic carbocycles. The predicted molar refractivity (Wildman–Crippen MR) is 75.8 cm³/mol. The Labute approximate surface area is 111 Å². The lowest BCUT2D eigenvalue weighted by Gasteiger charge is -2.07. The van der Waals surface area contributed by atoms with Crippen LogP contribution in [0.1, 0.15) is 16.8 Å². The summed E-state index contributed by atoms with van der Waals surface area (Å²) in [6, 6.07) is 5.96. The van der Waals surface area contributed by atoms with Gasteiger partial charge >= 0.3 is 0 Å². The van der Waals surface area contributed by atoms with E-state index in [0.29, 0.717) is 6.54 Å². The summed E-state index contributed by atoms with van der Waals surface area (Å²) < 4.78 is 0. The van der Waals surface area contributed by atoms with Gasteiger partial charge in [-0.1, -0.05) is 17.7 Å². The topological polar surface area (TPSA) is 45.5 Å². The van der Waals surface area contributed by atoms with E-state index in [1.807, 2.05) is 32.0 Å². The molecule has 0 fully saturated rings. The molecule has 4 heteroatoms. The number of aliphatic hydroxyl groups excluding tert-OH is 1. The van der Waals surface area contributed by atoms with Gasteiger partial charge in [-0.25, -0.2) is 4.98 Å². The minimum absolute atomic E-state index is 0.0497. The third kappa shape index (κ3) is 2.52. The zero-order chi connectivity index (χ0) is 13.1. The minimum Gasteiger partial charge on any atom is -0.394 e. The van der Waals surface area contributed by atoms with Gasteiger partial charge < -0.3 is 5.11 Å². The maximum atomic E-state index is 8.68. The minimum atomic E-state index is 0.0497. The van der Waals surface area contributed by atoms with Crippen LogP contribution in [0.15, 0.2) is 23.2 Å². The van der Waals surface area contributed by atoms with Crippen LogP contribution in [0.25, 0.3) is 10.9 Å². The SMILES string of the molecule is Cc1cc2ccc(C=NCCO)nc2c(C)c1Cl. The lowest BCUT2D eigenvalue weighted by Crippen LogP contribution is -1.94. The second-order valence-corrected chi connectivity index (χ2v) is 4.58. The lowest BCUT2D eigenvalue weighted by molar-refractivity contribution is 0.307. The van der Waals surface area contributed by atoms with Crippen molar-refractivity contribution in [2.75, 3.05) is 13.2 Å². The van der Waals surface area contributed by atoms with Gasteiger partial charge in [-0.15, -0.1) is 0 Å². The highest BCUT2D eigenvalue weighted by molar-refractivity contribution is 6.33. The van der Waals surface area contributed by atoms with Crippen LogP contribution < -0.4 is 0 Å². The van der Waals surface area contributed by atoms with Crippen LogP contribution >= 0.6 is 11.6 Å². The Balaban J connectivity index is 2.51. The Bertz CT molecular complexity index is 608. The summed E-state index contributed by atoms with van der Waals surface area (Å²) >= 11 is 6.23. The number of hydrogen-bond donors (Lipinski definition) is 1. The average molecular weight is 263 g/mol. The number of benzene rings is 1. The molecule has 0 atom stereocenters. The number of nitrogens with zero attached hydrogens (tertiary/aromatic N) is 2. The summed E-state index contributed by atoms with van der Waals surface area (Å²) in [7, 11) is 0. The lowest BCUT2D eigenvalue weighted by atomic mass is 10.1. The molecule has 18 heavy (non-hydrogen) atoms. The monoisotopic (exact) mass is 262 g/mol. The zero-order valence-corrected chi connectivity index (χ0v) is 11.2. The molecule has 2 aromatic rings. The normalized spacial score (nSPS) is 11.6. The molecular formula is C14H15ClN2O. The molecule has 0 aliphatic rings. The predicted octanol–water partition coefficient (Wildman–Crippen LogP) is 2.92. The number of aliphatic imine (C=N–C) groups is 1. The van der Waals surface area contributed by atoms with Crippen LogP contribution in [0.5, 0.6) is 0 Å². The maximum absolute atomic E-state index is 8.68. The Morgan fingerprint density at radius 3 is 2.89 bits per heavy atom. The number of aryl methyl sites for hydroxylation is 2. The molecule has 1 aromatic carbocycles. The van der Waals surface area contributed by atoms with Crippen LogP contribution in [0.3, 0.4) is 0 Å². The Morgan fingerprint density at radius 1 is 1.39 bits per heavy atom. The van der Waals surface area contributed by atoms with Gasteiger partial charge in [0.15, 0.2) is 0 Å². The van der Waals surface area contributed by atoms with Crippen molar-refractivity contribution in [1.29, 1.82) is 0 Å². The molecule has 1 heterocycles. The molecule has 94 valence electrons. The third-order valence-electron chi connectivity index (χ3n) is 2.80. The molecule has 0 saturated carbocycles. The van der Waals surface area contributed by atoms with Crippen molar-refractivity contribution < 1.29 is 5.11 Å². The van der Waals surface area contributed by atoms with E-state index < -0.39 is 0 Å². The number of hydrogen-bond acceptors (Lipinski definition) is 3. The van der Waals surface area contributed by atoms with Crippen LogP contribution in [0, 0.1) is 13.8 Å². The third-order valence-corrected chi connectivity index (χ3v) is 3.38. The quantitative estimate of drug-likeness (QED) is 0.865. The van der Waals surface area contributed by atoms with Gasteiger partial charge in [0.05, 0.1) is 24.4 Å². The van der Waals surface area contributed by atoms with Gasteiger partial charge in [0.25, 0.3) is 0 Å². The number of fused-ring (bicyclic) bond motifs is 1. The smallest absolute Gasteiger partial charge is 0.0815 e. The van der Waals surface area contributed by atoms with Gasteiger partial charge in [-0.2, -0.15) is 0 Å². The summed E-state index contributed by atoms with van der Waals surface area (Å²) in [5.74, 6) is 0. The number of rotatable bonds is 3.